The van der Waals surface area contributed by atoms with E-state index in [1.165, 1.54) is 0 Å². The Bertz CT molecular complexity index is 537. The van der Waals surface area contributed by atoms with Gasteiger partial charge in [-0.25, -0.2) is 0 Å². The number of hydrogen-bond donors (Lipinski definition) is 0. The highest BCUT2D eigenvalue weighted by atomic mass is 31.1. The van der Waals surface area contributed by atoms with E-state index in [1.54, 1.807) is 0 Å². The fourth-order valence-corrected chi connectivity index (χ4v) is 3.84. The average Bonchev–Trinajstić information content (AvgIpc) is 2.88. The number of rotatable bonds is 2. The van der Waals surface area contributed by atoms with Crippen molar-refractivity contribution < 1.29 is 31.4 Å². The molecule has 0 spiro atoms. The molecule has 0 heterocycles. The summed E-state index contributed by atoms with van der Waals surface area (Å²) in [5.41, 5.74) is -5.55. The van der Waals surface area contributed by atoms with Gasteiger partial charge in [0.15, 0.2) is 0 Å². The molecule has 0 atom stereocenters. The predicted octanol–water partition coefficient (Wildman–Crippen LogP) is 4.45. The monoisotopic (exact) mass is 341 g/mol. The smallest absolute Gasteiger partial charge is 0.416 e. The normalized spacial score (nSPS) is 18.0. The highest BCUT2D eigenvalue weighted by Gasteiger charge is 2.40. The molecule has 0 aromatic heterocycles. The quantitative estimate of drug-likeness (QED) is 0.576. The molecular weight excluding hydrogens is 329 g/mol. The molecule has 0 saturated heterocycles. The highest BCUT2D eigenvalue weighted by molar-refractivity contribution is 7.41. The van der Waals surface area contributed by atoms with Crippen LogP contribution in [0.4, 0.5) is 26.3 Å². The Balaban J connectivity index is 2.59. The first-order chi connectivity index (χ1) is 10.1. The molecule has 8 heteroatoms. The molecule has 0 aliphatic heterocycles. The molecule has 1 aliphatic carbocycles. The van der Waals surface area contributed by atoms with Crippen molar-refractivity contribution in [2.24, 2.45) is 0 Å². The summed E-state index contributed by atoms with van der Waals surface area (Å²) in [6.07, 6.45) is -7.00. The molecule has 0 radical (unpaired) electrons. The van der Waals surface area contributed by atoms with Crippen molar-refractivity contribution in [2.75, 3.05) is 0 Å². The molecule has 0 unspecified atom stereocenters. The van der Waals surface area contributed by atoms with Crippen LogP contribution >= 0.6 is 8.20 Å². The second-order valence-corrected chi connectivity index (χ2v) is 6.49. The zero-order valence-electron chi connectivity index (χ0n) is 11.3. The molecule has 1 aromatic rings. The van der Waals surface area contributed by atoms with E-state index in [0.29, 0.717) is 31.0 Å². The Kier molecular flexibility index (Phi) is 4.87. The first-order valence-electron chi connectivity index (χ1n) is 6.63. The topological polar surface area (TPSA) is 23.1 Å². The summed E-state index contributed by atoms with van der Waals surface area (Å²) >= 11 is 0. The van der Waals surface area contributed by atoms with Gasteiger partial charge in [-0.1, -0.05) is 18.9 Å². The van der Waals surface area contributed by atoms with Crippen LogP contribution in [0.1, 0.15) is 42.4 Å². The Hall–Kier alpha value is -1.07. The van der Waals surface area contributed by atoms with Crippen LogP contribution in [0, 0.1) is 0 Å². The number of alkyl halides is 6. The van der Waals surface area contributed by atoms with Gasteiger partial charge < -0.3 is 5.11 Å². The van der Waals surface area contributed by atoms with Crippen LogP contribution in [-0.4, -0.2) is 11.1 Å². The molecule has 122 valence electrons. The number of benzene rings is 1. The van der Waals surface area contributed by atoms with Gasteiger partial charge in [0.2, 0.25) is 0 Å². The van der Waals surface area contributed by atoms with Gasteiger partial charge in [0.25, 0.3) is 0 Å². The van der Waals surface area contributed by atoms with Crippen molar-refractivity contribution in [2.45, 2.75) is 43.7 Å². The summed E-state index contributed by atoms with van der Waals surface area (Å²) < 4.78 is 77.8. The highest BCUT2D eigenvalue weighted by Crippen LogP contribution is 2.40. The van der Waals surface area contributed by atoms with E-state index >= 15 is 0 Å². The van der Waals surface area contributed by atoms with Gasteiger partial charge in [0.1, 0.15) is 0 Å². The molecule has 22 heavy (non-hydrogen) atoms. The summed E-state index contributed by atoms with van der Waals surface area (Å²) in [7, 11) is 0.0155. The van der Waals surface area contributed by atoms with E-state index < -0.39 is 34.5 Å². The third-order valence-electron chi connectivity index (χ3n) is 3.51. The van der Waals surface area contributed by atoms with Crippen molar-refractivity contribution in [1.29, 1.82) is 0 Å². The summed E-state index contributed by atoms with van der Waals surface area (Å²) in [5, 5.41) is 12.1. The zero-order chi connectivity index (χ0) is 16.5. The van der Waals surface area contributed by atoms with E-state index in [0.717, 1.165) is 12.8 Å². The van der Waals surface area contributed by atoms with E-state index in [4.69, 9.17) is 0 Å². The lowest BCUT2D eigenvalue weighted by Gasteiger charge is -2.24. The van der Waals surface area contributed by atoms with E-state index in [9.17, 15) is 31.4 Å². The van der Waals surface area contributed by atoms with Crippen molar-refractivity contribution >= 4 is 13.7 Å². The molecule has 1 nitrogen and oxygen atoms in total. The van der Waals surface area contributed by atoms with Crippen LogP contribution in [0.2, 0.25) is 0 Å². The van der Waals surface area contributed by atoms with Crippen molar-refractivity contribution in [3.05, 3.63) is 34.9 Å². The van der Waals surface area contributed by atoms with Gasteiger partial charge in [0, 0.05) is 0 Å². The number of halogens is 6. The van der Waals surface area contributed by atoms with Gasteiger partial charge in [-0.3, -0.25) is 0 Å². The molecule has 0 bridgehead atoms. The molecule has 1 fully saturated rings. The van der Waals surface area contributed by atoms with Gasteiger partial charge in [0.05, 0.1) is 11.1 Å². The molecule has 0 amide bonds. The van der Waals surface area contributed by atoms with Crippen molar-refractivity contribution in [3.63, 3.8) is 0 Å². The van der Waals surface area contributed by atoms with Crippen LogP contribution in [0.25, 0.3) is 0 Å². The summed E-state index contributed by atoms with van der Waals surface area (Å²) in [4.78, 5) is 0. The summed E-state index contributed by atoms with van der Waals surface area (Å²) in [6, 6.07) is 1.72. The van der Waals surface area contributed by atoms with Crippen LogP contribution < -0.4 is 5.11 Å². The molecule has 1 saturated carbocycles. The fourth-order valence-electron chi connectivity index (χ4n) is 2.52. The van der Waals surface area contributed by atoms with Crippen molar-refractivity contribution in [3.8, 4) is 0 Å². The lowest BCUT2D eigenvalue weighted by molar-refractivity contribution is -0.209. The van der Waals surface area contributed by atoms with Gasteiger partial charge in [-0.15, -0.1) is 13.7 Å². The number of hydrogen-bond acceptors (Lipinski definition) is 1. The predicted molar refractivity (Wildman–Crippen MR) is 69.7 cm³/mol. The maximum atomic E-state index is 13.0. The minimum absolute atomic E-state index is 0.0155. The Morgan fingerprint density at radius 3 is 1.82 bits per heavy atom. The molecule has 0 N–H and O–H groups in total. The standard InChI is InChI=1S/C14H13F6OP/c15-13(16,17)9-6-3-7-10(14(18,19)20)11(9)12(21)22-8-4-1-2-5-8/h3,6-8,21H,1-2,4-5H2/p-1. The molecule has 1 aliphatic rings. The van der Waals surface area contributed by atoms with E-state index in [2.05, 4.69) is 0 Å². The maximum absolute atomic E-state index is 13.0. The van der Waals surface area contributed by atoms with Gasteiger partial charge in [-0.05, 0) is 36.2 Å². The van der Waals surface area contributed by atoms with Crippen LogP contribution in [0.5, 0.6) is 0 Å². The van der Waals surface area contributed by atoms with Crippen LogP contribution in [-0.2, 0) is 12.4 Å². The first kappa shape index (κ1) is 17.3. The second kappa shape index (κ2) is 6.20. The van der Waals surface area contributed by atoms with Gasteiger partial charge in [-0.2, -0.15) is 26.3 Å². The Morgan fingerprint density at radius 2 is 1.41 bits per heavy atom. The minimum atomic E-state index is -5.00. The van der Waals surface area contributed by atoms with E-state index in [1.807, 2.05) is 0 Å². The van der Waals surface area contributed by atoms with Crippen LogP contribution in [0.3, 0.4) is 0 Å². The minimum Gasteiger partial charge on any atom is -0.823 e. The first-order valence-corrected chi connectivity index (χ1v) is 7.59. The summed E-state index contributed by atoms with van der Waals surface area (Å²) in [6.45, 7) is 0. The second-order valence-electron chi connectivity index (χ2n) is 5.10. The van der Waals surface area contributed by atoms with Gasteiger partial charge >= 0.3 is 12.4 Å². The molecule has 2 rings (SSSR count). The lowest BCUT2D eigenvalue weighted by atomic mass is 10.0. The molecule has 1 aromatic carbocycles. The molecular formula is C14H12F6OP-. The Labute approximate surface area is 124 Å². The van der Waals surface area contributed by atoms with Crippen LogP contribution in [0.15, 0.2) is 18.2 Å². The van der Waals surface area contributed by atoms with Crippen molar-refractivity contribution in [1.82, 2.24) is 0 Å². The third kappa shape index (κ3) is 3.82. The average molecular weight is 341 g/mol. The SMILES string of the molecule is [O-]C(=PC1CCCC1)c1c(C(F)(F)F)cccc1C(F)(F)F. The zero-order valence-corrected chi connectivity index (χ0v) is 12.2. The third-order valence-corrected chi connectivity index (χ3v) is 4.85. The summed E-state index contributed by atoms with van der Waals surface area (Å²) in [5.74, 6) is 0. The maximum Gasteiger partial charge on any atom is 0.416 e. The van der Waals surface area contributed by atoms with E-state index in [-0.39, 0.29) is 13.9 Å². The lowest BCUT2D eigenvalue weighted by Crippen LogP contribution is -2.27. The fraction of sp³-hybridized carbons (Fsp3) is 0.500. The Morgan fingerprint density at radius 1 is 0.955 bits per heavy atom. The largest absolute Gasteiger partial charge is 0.823 e.